The van der Waals surface area contributed by atoms with Crippen LogP contribution in [0.25, 0.3) is 0 Å². The fraction of sp³-hybridized carbons (Fsp3) is 0.200. The van der Waals surface area contributed by atoms with Crippen molar-refractivity contribution >= 4 is 15.7 Å². The first kappa shape index (κ1) is 13.6. The highest BCUT2D eigenvalue weighted by Crippen LogP contribution is 2.20. The van der Waals surface area contributed by atoms with Gasteiger partial charge in [-0.1, -0.05) is 48.5 Å². The summed E-state index contributed by atoms with van der Waals surface area (Å²) >= 11 is 0. The van der Waals surface area contributed by atoms with Gasteiger partial charge >= 0.3 is 0 Å². The van der Waals surface area contributed by atoms with Gasteiger partial charge in [-0.3, -0.25) is 4.31 Å². The van der Waals surface area contributed by atoms with Crippen molar-refractivity contribution in [3.63, 3.8) is 0 Å². The minimum Gasteiger partial charge on any atom is -0.266 e. The fourth-order valence-corrected chi connectivity index (χ4v) is 2.95. The van der Waals surface area contributed by atoms with Gasteiger partial charge in [-0.15, -0.1) is 0 Å². The summed E-state index contributed by atoms with van der Waals surface area (Å²) in [5, 5.41) is 0. The lowest BCUT2D eigenvalue weighted by Crippen LogP contribution is -2.31. The highest BCUT2D eigenvalue weighted by atomic mass is 32.2. The predicted octanol–water partition coefficient (Wildman–Crippen LogP) is 3.04. The Bertz CT molecular complexity index is 609. The highest BCUT2D eigenvalue weighted by Gasteiger charge is 2.20. The van der Waals surface area contributed by atoms with Crippen LogP contribution in [-0.4, -0.2) is 14.2 Å². The van der Waals surface area contributed by atoms with Crippen molar-refractivity contribution in [2.75, 3.05) is 10.1 Å². The molecule has 0 aliphatic rings. The van der Waals surface area contributed by atoms with Crippen LogP contribution in [0.2, 0.25) is 0 Å². The summed E-state index contributed by atoms with van der Waals surface area (Å²) in [5.41, 5.74) is 1.68. The maximum Gasteiger partial charge on any atom is 0.235 e. The van der Waals surface area contributed by atoms with Crippen LogP contribution in [-0.2, 0) is 16.6 Å². The van der Waals surface area contributed by atoms with E-state index in [1.165, 1.54) is 4.31 Å². The molecule has 0 saturated carbocycles. The summed E-state index contributed by atoms with van der Waals surface area (Å²) in [6.45, 7) is 2.03. The van der Waals surface area contributed by atoms with E-state index in [-0.39, 0.29) is 5.75 Å². The van der Waals surface area contributed by atoms with E-state index in [0.717, 1.165) is 5.56 Å². The van der Waals surface area contributed by atoms with E-state index in [1.54, 1.807) is 6.92 Å². The van der Waals surface area contributed by atoms with Crippen LogP contribution in [0.5, 0.6) is 0 Å². The van der Waals surface area contributed by atoms with E-state index >= 15 is 0 Å². The number of rotatable bonds is 5. The second-order valence-electron chi connectivity index (χ2n) is 4.23. The maximum atomic E-state index is 12.2. The largest absolute Gasteiger partial charge is 0.266 e. The van der Waals surface area contributed by atoms with Crippen LogP contribution in [0.1, 0.15) is 12.5 Å². The summed E-state index contributed by atoms with van der Waals surface area (Å²) in [5.74, 6) is 0.0920. The molecule has 19 heavy (non-hydrogen) atoms. The molecule has 2 aromatic rings. The van der Waals surface area contributed by atoms with Crippen LogP contribution in [0.15, 0.2) is 60.7 Å². The first-order chi connectivity index (χ1) is 9.13. The van der Waals surface area contributed by atoms with Crippen molar-refractivity contribution in [1.82, 2.24) is 0 Å². The maximum absolute atomic E-state index is 12.2. The third-order valence-electron chi connectivity index (χ3n) is 2.91. The number of para-hydroxylation sites is 1. The molecule has 0 unspecified atom stereocenters. The van der Waals surface area contributed by atoms with Gasteiger partial charge in [-0.2, -0.15) is 0 Å². The van der Waals surface area contributed by atoms with Crippen LogP contribution in [0.4, 0.5) is 5.69 Å². The van der Waals surface area contributed by atoms with E-state index in [0.29, 0.717) is 12.2 Å². The number of nitrogens with zero attached hydrogens (tertiary/aromatic N) is 1. The van der Waals surface area contributed by atoms with E-state index in [9.17, 15) is 8.42 Å². The lowest BCUT2D eigenvalue weighted by molar-refractivity contribution is 0.591. The molecule has 2 aromatic carbocycles. The number of hydrogen-bond acceptors (Lipinski definition) is 2. The SMILES string of the molecule is CCS(=O)(=O)N(Cc1ccccc1)c1ccccc1. The molecule has 0 fully saturated rings. The van der Waals surface area contributed by atoms with Crippen molar-refractivity contribution in [3.8, 4) is 0 Å². The standard InChI is InChI=1S/C15H17NO2S/c1-2-19(17,18)16(15-11-7-4-8-12-15)13-14-9-5-3-6-10-14/h3-12H,2,13H2,1H3. The van der Waals surface area contributed by atoms with Gasteiger partial charge < -0.3 is 0 Å². The van der Waals surface area contributed by atoms with Gasteiger partial charge in [0.05, 0.1) is 18.0 Å². The molecule has 0 spiro atoms. The Morgan fingerprint density at radius 3 is 1.95 bits per heavy atom. The molecule has 4 heteroatoms. The predicted molar refractivity (Wildman–Crippen MR) is 78.5 cm³/mol. The Morgan fingerprint density at radius 2 is 1.42 bits per heavy atom. The van der Waals surface area contributed by atoms with Gasteiger partial charge in [0.15, 0.2) is 0 Å². The average molecular weight is 275 g/mol. The molecular weight excluding hydrogens is 258 g/mol. The Kier molecular flexibility index (Phi) is 4.22. The quantitative estimate of drug-likeness (QED) is 0.841. The molecule has 2 rings (SSSR count). The first-order valence-electron chi connectivity index (χ1n) is 6.23. The zero-order chi connectivity index (χ0) is 13.7. The zero-order valence-corrected chi connectivity index (χ0v) is 11.7. The summed E-state index contributed by atoms with van der Waals surface area (Å²) in [6.07, 6.45) is 0. The Labute approximate surface area is 114 Å². The second-order valence-corrected chi connectivity index (χ2v) is 6.41. The van der Waals surface area contributed by atoms with Gasteiger partial charge in [0.2, 0.25) is 10.0 Å². The number of benzene rings is 2. The Hall–Kier alpha value is -1.81. The lowest BCUT2D eigenvalue weighted by atomic mass is 10.2. The smallest absolute Gasteiger partial charge is 0.235 e. The molecule has 0 amide bonds. The van der Waals surface area contributed by atoms with E-state index < -0.39 is 10.0 Å². The topological polar surface area (TPSA) is 37.4 Å². The molecule has 0 aromatic heterocycles. The minimum atomic E-state index is -3.28. The van der Waals surface area contributed by atoms with Crippen LogP contribution in [0.3, 0.4) is 0 Å². The summed E-state index contributed by atoms with van der Waals surface area (Å²) < 4.78 is 25.9. The van der Waals surface area contributed by atoms with Crippen LogP contribution >= 0.6 is 0 Å². The Balaban J connectivity index is 2.36. The molecule has 0 bridgehead atoms. The van der Waals surface area contributed by atoms with Crippen molar-refractivity contribution < 1.29 is 8.42 Å². The minimum absolute atomic E-state index is 0.0920. The number of anilines is 1. The number of sulfonamides is 1. The average Bonchev–Trinajstić information content (AvgIpc) is 2.46. The molecular formula is C15H17NO2S. The van der Waals surface area contributed by atoms with Crippen molar-refractivity contribution in [2.45, 2.75) is 13.5 Å². The third-order valence-corrected chi connectivity index (χ3v) is 4.65. The van der Waals surface area contributed by atoms with E-state index in [1.807, 2.05) is 60.7 Å². The monoisotopic (exact) mass is 275 g/mol. The van der Waals surface area contributed by atoms with E-state index in [4.69, 9.17) is 0 Å². The van der Waals surface area contributed by atoms with Gasteiger partial charge in [0, 0.05) is 0 Å². The van der Waals surface area contributed by atoms with Gasteiger partial charge in [0.1, 0.15) is 0 Å². The highest BCUT2D eigenvalue weighted by molar-refractivity contribution is 7.92. The fourth-order valence-electron chi connectivity index (χ4n) is 1.85. The van der Waals surface area contributed by atoms with Gasteiger partial charge in [-0.25, -0.2) is 8.42 Å². The molecule has 0 radical (unpaired) electrons. The van der Waals surface area contributed by atoms with Gasteiger partial charge in [0.25, 0.3) is 0 Å². The van der Waals surface area contributed by atoms with Crippen LogP contribution in [0, 0.1) is 0 Å². The zero-order valence-electron chi connectivity index (χ0n) is 10.9. The summed E-state index contributed by atoms with van der Waals surface area (Å²) in [4.78, 5) is 0. The molecule has 3 nitrogen and oxygen atoms in total. The first-order valence-corrected chi connectivity index (χ1v) is 7.84. The second kappa shape index (κ2) is 5.89. The molecule has 0 aliphatic carbocycles. The molecule has 0 N–H and O–H groups in total. The van der Waals surface area contributed by atoms with Crippen molar-refractivity contribution in [3.05, 3.63) is 66.2 Å². The Morgan fingerprint density at radius 1 is 0.895 bits per heavy atom. The van der Waals surface area contributed by atoms with Gasteiger partial charge in [-0.05, 0) is 24.6 Å². The number of hydrogen-bond donors (Lipinski definition) is 0. The van der Waals surface area contributed by atoms with Crippen molar-refractivity contribution in [1.29, 1.82) is 0 Å². The summed E-state index contributed by atoms with van der Waals surface area (Å²) in [7, 11) is -3.28. The normalized spacial score (nSPS) is 11.2. The molecule has 0 saturated heterocycles. The molecule has 0 heterocycles. The summed E-state index contributed by atoms with van der Waals surface area (Å²) in [6, 6.07) is 18.8. The molecule has 100 valence electrons. The molecule has 0 atom stereocenters. The van der Waals surface area contributed by atoms with E-state index in [2.05, 4.69) is 0 Å². The molecule has 0 aliphatic heterocycles. The van der Waals surface area contributed by atoms with Crippen molar-refractivity contribution in [2.24, 2.45) is 0 Å². The van der Waals surface area contributed by atoms with Crippen LogP contribution < -0.4 is 4.31 Å². The third kappa shape index (κ3) is 3.35. The lowest BCUT2D eigenvalue weighted by Gasteiger charge is -2.23.